The van der Waals surface area contributed by atoms with Gasteiger partial charge >= 0.3 is 0 Å². The van der Waals surface area contributed by atoms with Gasteiger partial charge in [-0.25, -0.2) is 0 Å². The van der Waals surface area contributed by atoms with Crippen LogP contribution in [0.25, 0.3) is 0 Å². The maximum Gasteiger partial charge on any atom is 0.0308 e. The molecule has 52 valence electrons. The van der Waals surface area contributed by atoms with E-state index >= 15 is 0 Å². The minimum Gasteiger partial charge on any atom is -0.120 e. The van der Waals surface area contributed by atoms with E-state index in [1.165, 1.54) is 11.1 Å². The van der Waals surface area contributed by atoms with Crippen molar-refractivity contribution in [1.82, 2.24) is 0 Å². The SMILES string of the molecule is C#CCC(CC#C)=C(C)C. The van der Waals surface area contributed by atoms with Crippen LogP contribution in [0.15, 0.2) is 11.1 Å². The maximum absolute atomic E-state index is 5.14. The van der Waals surface area contributed by atoms with Crippen molar-refractivity contribution < 1.29 is 0 Å². The van der Waals surface area contributed by atoms with E-state index in [0.717, 1.165) is 0 Å². The van der Waals surface area contributed by atoms with E-state index in [1.807, 2.05) is 13.8 Å². The molecule has 0 amide bonds. The molecule has 0 heterocycles. The van der Waals surface area contributed by atoms with Crippen LogP contribution in [-0.2, 0) is 0 Å². The van der Waals surface area contributed by atoms with Crippen LogP contribution in [0.2, 0.25) is 0 Å². The summed E-state index contributed by atoms with van der Waals surface area (Å²) in [4.78, 5) is 0. The first-order valence-corrected chi connectivity index (χ1v) is 3.24. The van der Waals surface area contributed by atoms with Gasteiger partial charge < -0.3 is 0 Å². The van der Waals surface area contributed by atoms with Crippen molar-refractivity contribution >= 4 is 0 Å². The molecular formula is C10H12. The molecule has 0 atom stereocenters. The predicted molar refractivity (Wildman–Crippen MR) is 45.3 cm³/mol. The molecule has 0 saturated carbocycles. The van der Waals surface area contributed by atoms with E-state index in [0.29, 0.717) is 12.8 Å². The van der Waals surface area contributed by atoms with Crippen LogP contribution >= 0.6 is 0 Å². The molecule has 0 bridgehead atoms. The number of rotatable bonds is 2. The average molecular weight is 132 g/mol. The number of terminal acetylenes is 2. The molecule has 0 unspecified atom stereocenters. The van der Waals surface area contributed by atoms with E-state index < -0.39 is 0 Å². The van der Waals surface area contributed by atoms with Crippen LogP contribution in [0.1, 0.15) is 26.7 Å². The highest BCUT2D eigenvalue weighted by atomic mass is 14.0. The third kappa shape index (κ3) is 3.00. The van der Waals surface area contributed by atoms with Gasteiger partial charge in [-0.2, -0.15) is 0 Å². The Morgan fingerprint density at radius 2 is 1.50 bits per heavy atom. The second kappa shape index (κ2) is 4.71. The molecule has 0 N–H and O–H groups in total. The van der Waals surface area contributed by atoms with Gasteiger partial charge in [0.25, 0.3) is 0 Å². The molecule has 0 aromatic heterocycles. The fraction of sp³-hybridized carbons (Fsp3) is 0.400. The Labute approximate surface area is 63.3 Å². The normalized spacial score (nSPS) is 7.60. The van der Waals surface area contributed by atoms with Crippen molar-refractivity contribution in [3.63, 3.8) is 0 Å². The fourth-order valence-electron chi connectivity index (χ4n) is 0.662. The predicted octanol–water partition coefficient (Wildman–Crippen LogP) is 2.37. The van der Waals surface area contributed by atoms with Crippen molar-refractivity contribution in [2.75, 3.05) is 0 Å². The van der Waals surface area contributed by atoms with Gasteiger partial charge in [0, 0.05) is 12.8 Å². The van der Waals surface area contributed by atoms with Crippen molar-refractivity contribution in [2.45, 2.75) is 26.7 Å². The van der Waals surface area contributed by atoms with Crippen LogP contribution in [0.5, 0.6) is 0 Å². The monoisotopic (exact) mass is 132 g/mol. The lowest BCUT2D eigenvalue weighted by Crippen LogP contribution is -1.83. The quantitative estimate of drug-likeness (QED) is 0.399. The topological polar surface area (TPSA) is 0 Å². The van der Waals surface area contributed by atoms with Gasteiger partial charge in [0.15, 0.2) is 0 Å². The summed E-state index contributed by atoms with van der Waals surface area (Å²) in [6.45, 7) is 4.06. The smallest absolute Gasteiger partial charge is 0.0308 e. The summed E-state index contributed by atoms with van der Waals surface area (Å²) in [7, 11) is 0. The van der Waals surface area contributed by atoms with Crippen molar-refractivity contribution in [3.05, 3.63) is 11.1 Å². The van der Waals surface area contributed by atoms with E-state index in [1.54, 1.807) is 0 Å². The standard InChI is InChI=1S/C10H12/c1-5-7-10(8-6-2)9(3)4/h1-2H,7-8H2,3-4H3. The largest absolute Gasteiger partial charge is 0.120 e. The van der Waals surface area contributed by atoms with Gasteiger partial charge in [0.05, 0.1) is 0 Å². The highest BCUT2D eigenvalue weighted by Crippen LogP contribution is 2.10. The Balaban J connectivity index is 4.19. The molecule has 0 aliphatic carbocycles. The molecule has 0 aliphatic rings. The lowest BCUT2D eigenvalue weighted by molar-refractivity contribution is 1.09. The number of allylic oxidation sites excluding steroid dienone is 2. The van der Waals surface area contributed by atoms with Crippen molar-refractivity contribution in [1.29, 1.82) is 0 Å². The van der Waals surface area contributed by atoms with Crippen LogP contribution < -0.4 is 0 Å². The van der Waals surface area contributed by atoms with E-state index in [4.69, 9.17) is 12.8 Å². The highest BCUT2D eigenvalue weighted by Gasteiger charge is 1.93. The second-order valence-corrected chi connectivity index (χ2v) is 2.37. The molecule has 0 aromatic rings. The third-order valence-electron chi connectivity index (χ3n) is 1.34. The molecule has 0 radical (unpaired) electrons. The van der Waals surface area contributed by atoms with Gasteiger partial charge in [0.1, 0.15) is 0 Å². The minimum atomic E-state index is 0.687. The number of hydrogen-bond donors (Lipinski definition) is 0. The van der Waals surface area contributed by atoms with Gasteiger partial charge in [-0.05, 0) is 19.4 Å². The average Bonchev–Trinajstić information content (AvgIpc) is 1.87. The molecule has 0 spiro atoms. The van der Waals surface area contributed by atoms with Crippen molar-refractivity contribution in [2.24, 2.45) is 0 Å². The van der Waals surface area contributed by atoms with Gasteiger partial charge in [-0.3, -0.25) is 0 Å². The zero-order valence-corrected chi connectivity index (χ0v) is 6.57. The van der Waals surface area contributed by atoms with E-state index in [9.17, 15) is 0 Å². The molecule has 0 aliphatic heterocycles. The highest BCUT2D eigenvalue weighted by molar-refractivity contribution is 5.20. The lowest BCUT2D eigenvalue weighted by Gasteiger charge is -1.99. The Hall–Kier alpha value is -1.14. The van der Waals surface area contributed by atoms with Gasteiger partial charge in [-0.15, -0.1) is 24.7 Å². The molecule has 10 heavy (non-hydrogen) atoms. The first-order valence-electron chi connectivity index (χ1n) is 3.24. The van der Waals surface area contributed by atoms with Crippen LogP contribution in [-0.4, -0.2) is 0 Å². The minimum absolute atomic E-state index is 0.687. The summed E-state index contributed by atoms with van der Waals surface area (Å²) in [6, 6.07) is 0. The first kappa shape index (κ1) is 8.86. The van der Waals surface area contributed by atoms with Crippen LogP contribution in [0.4, 0.5) is 0 Å². The molecule has 0 rings (SSSR count). The third-order valence-corrected chi connectivity index (χ3v) is 1.34. The summed E-state index contributed by atoms with van der Waals surface area (Å²) < 4.78 is 0. The molecule has 0 nitrogen and oxygen atoms in total. The van der Waals surface area contributed by atoms with Crippen LogP contribution in [0.3, 0.4) is 0 Å². The summed E-state index contributed by atoms with van der Waals surface area (Å²) in [6.07, 6.45) is 11.7. The molecular weight excluding hydrogens is 120 g/mol. The zero-order valence-electron chi connectivity index (χ0n) is 6.57. The Morgan fingerprint density at radius 1 is 1.10 bits per heavy atom. The maximum atomic E-state index is 5.14. The Morgan fingerprint density at radius 3 is 1.70 bits per heavy atom. The van der Waals surface area contributed by atoms with Gasteiger partial charge in [0.2, 0.25) is 0 Å². The summed E-state index contributed by atoms with van der Waals surface area (Å²) in [5.41, 5.74) is 2.45. The van der Waals surface area contributed by atoms with Crippen molar-refractivity contribution in [3.8, 4) is 24.7 Å². The lowest BCUT2D eigenvalue weighted by atomic mass is 10.1. The van der Waals surface area contributed by atoms with E-state index in [2.05, 4.69) is 11.8 Å². The summed E-state index contributed by atoms with van der Waals surface area (Å²) in [5.74, 6) is 5.16. The summed E-state index contributed by atoms with van der Waals surface area (Å²) in [5, 5.41) is 0. The number of hydrogen-bond acceptors (Lipinski definition) is 0. The second-order valence-electron chi connectivity index (χ2n) is 2.37. The van der Waals surface area contributed by atoms with Crippen LogP contribution in [0, 0.1) is 24.7 Å². The van der Waals surface area contributed by atoms with Gasteiger partial charge in [-0.1, -0.05) is 5.57 Å². The molecule has 0 fully saturated rings. The Bertz CT molecular complexity index is 183. The fourth-order valence-corrected chi connectivity index (χ4v) is 0.662. The molecule has 0 aromatic carbocycles. The first-order chi connectivity index (χ1) is 4.72. The zero-order chi connectivity index (χ0) is 7.98. The Kier molecular flexibility index (Phi) is 4.17. The molecule has 0 heteroatoms. The summed E-state index contributed by atoms with van der Waals surface area (Å²) >= 11 is 0. The molecule has 0 saturated heterocycles. The van der Waals surface area contributed by atoms with E-state index in [-0.39, 0.29) is 0 Å².